The van der Waals surface area contributed by atoms with E-state index in [9.17, 15) is 18.0 Å². The highest BCUT2D eigenvalue weighted by atomic mass is 32.2. The van der Waals surface area contributed by atoms with Crippen LogP contribution in [0, 0.1) is 0 Å². The molecular weight excluding hydrogens is 450 g/mol. The highest BCUT2D eigenvalue weighted by molar-refractivity contribution is 7.89. The maximum atomic E-state index is 13.1. The van der Waals surface area contributed by atoms with Gasteiger partial charge in [-0.2, -0.15) is 4.31 Å². The summed E-state index contributed by atoms with van der Waals surface area (Å²) >= 11 is 0. The maximum absolute atomic E-state index is 13.1. The zero-order chi connectivity index (χ0) is 23.8. The molecule has 0 bridgehead atoms. The van der Waals surface area contributed by atoms with Gasteiger partial charge in [0.25, 0.3) is 11.7 Å². The predicted octanol–water partition coefficient (Wildman–Crippen LogP) is 1.35. The molecule has 2 aliphatic rings. The van der Waals surface area contributed by atoms with Gasteiger partial charge in [-0.25, -0.2) is 8.42 Å². The molecule has 0 aliphatic carbocycles. The first-order valence-corrected chi connectivity index (χ1v) is 11.7. The molecule has 0 aromatic heterocycles. The SMILES string of the molecule is COc1cc(CN2CCN(S(=O)(=O)c3ccc4c(c3)C(=O)C(=O)N4)CC2)cc(OC)c1OC. The lowest BCUT2D eigenvalue weighted by molar-refractivity contribution is -0.112. The fraction of sp³-hybridized carbons (Fsp3) is 0.364. The summed E-state index contributed by atoms with van der Waals surface area (Å²) in [6, 6.07) is 7.89. The molecule has 0 atom stereocenters. The summed E-state index contributed by atoms with van der Waals surface area (Å²) in [5, 5.41) is 2.43. The Morgan fingerprint density at radius 1 is 0.909 bits per heavy atom. The summed E-state index contributed by atoms with van der Waals surface area (Å²) in [7, 11) is 0.872. The number of Topliss-reactive ketones (excluding diaryl/α,β-unsaturated/α-hetero) is 1. The van der Waals surface area contributed by atoms with Crippen molar-refractivity contribution < 1.29 is 32.2 Å². The Hall–Kier alpha value is -3.15. The third-order valence-corrected chi connectivity index (χ3v) is 7.68. The van der Waals surface area contributed by atoms with Crippen molar-refractivity contribution in [2.75, 3.05) is 52.8 Å². The van der Waals surface area contributed by atoms with Gasteiger partial charge in [-0.15, -0.1) is 0 Å². The number of fused-ring (bicyclic) bond motifs is 1. The number of anilines is 1. The number of hydrogen-bond acceptors (Lipinski definition) is 8. The molecule has 10 nitrogen and oxygen atoms in total. The zero-order valence-corrected chi connectivity index (χ0v) is 19.4. The van der Waals surface area contributed by atoms with Crippen LogP contribution in [0.5, 0.6) is 17.2 Å². The number of nitrogens with one attached hydrogen (secondary N) is 1. The lowest BCUT2D eigenvalue weighted by Crippen LogP contribution is -2.48. The number of methoxy groups -OCH3 is 3. The minimum atomic E-state index is -3.79. The van der Waals surface area contributed by atoms with Crippen molar-refractivity contribution >= 4 is 27.4 Å². The molecule has 1 fully saturated rings. The molecule has 2 aliphatic heterocycles. The molecule has 2 aromatic rings. The van der Waals surface area contributed by atoms with Crippen molar-refractivity contribution in [3.63, 3.8) is 0 Å². The molecule has 176 valence electrons. The Balaban J connectivity index is 1.45. The molecule has 1 saturated heterocycles. The average molecular weight is 476 g/mol. The quantitative estimate of drug-likeness (QED) is 0.597. The molecule has 11 heteroatoms. The number of carbonyl (C=O) groups excluding carboxylic acids is 2. The molecule has 0 unspecified atom stereocenters. The van der Waals surface area contributed by atoms with E-state index in [0.29, 0.717) is 55.7 Å². The van der Waals surface area contributed by atoms with E-state index in [-0.39, 0.29) is 10.5 Å². The first kappa shape index (κ1) is 23.0. The van der Waals surface area contributed by atoms with Gasteiger partial charge in [0, 0.05) is 32.7 Å². The molecule has 4 rings (SSSR count). The molecule has 2 heterocycles. The van der Waals surface area contributed by atoms with E-state index in [2.05, 4.69) is 10.2 Å². The smallest absolute Gasteiger partial charge is 0.296 e. The van der Waals surface area contributed by atoms with E-state index >= 15 is 0 Å². The van der Waals surface area contributed by atoms with E-state index in [0.717, 1.165) is 5.56 Å². The monoisotopic (exact) mass is 475 g/mol. The highest BCUT2D eigenvalue weighted by Gasteiger charge is 2.33. The van der Waals surface area contributed by atoms with Crippen molar-refractivity contribution in [3.05, 3.63) is 41.5 Å². The molecule has 1 amide bonds. The maximum Gasteiger partial charge on any atom is 0.296 e. The summed E-state index contributed by atoms with van der Waals surface area (Å²) in [5.74, 6) is 0.168. The Morgan fingerprint density at radius 3 is 2.12 bits per heavy atom. The van der Waals surface area contributed by atoms with Crippen molar-refractivity contribution in [2.24, 2.45) is 0 Å². The molecule has 1 N–H and O–H groups in total. The van der Waals surface area contributed by atoms with Gasteiger partial charge < -0.3 is 19.5 Å². The van der Waals surface area contributed by atoms with Crippen LogP contribution >= 0.6 is 0 Å². The Labute approximate surface area is 192 Å². The topological polar surface area (TPSA) is 114 Å². The van der Waals surface area contributed by atoms with Gasteiger partial charge in [-0.1, -0.05) is 0 Å². The Kier molecular flexibility index (Phi) is 6.28. The number of ketones is 1. The lowest BCUT2D eigenvalue weighted by Gasteiger charge is -2.34. The van der Waals surface area contributed by atoms with Crippen molar-refractivity contribution in [1.29, 1.82) is 0 Å². The Bertz CT molecular complexity index is 1180. The second kappa shape index (κ2) is 9.00. The van der Waals surface area contributed by atoms with Crippen molar-refractivity contribution in [1.82, 2.24) is 9.21 Å². The highest BCUT2D eigenvalue weighted by Crippen LogP contribution is 2.38. The van der Waals surface area contributed by atoms with Crippen LogP contribution < -0.4 is 19.5 Å². The summed E-state index contributed by atoms with van der Waals surface area (Å²) in [5.41, 5.74) is 1.37. The van der Waals surface area contributed by atoms with Crippen molar-refractivity contribution in [3.8, 4) is 17.2 Å². The van der Waals surface area contributed by atoms with E-state index in [1.165, 1.54) is 22.5 Å². The van der Waals surface area contributed by atoms with Gasteiger partial charge in [0.05, 0.1) is 37.5 Å². The molecule has 33 heavy (non-hydrogen) atoms. The molecule has 0 radical (unpaired) electrons. The van der Waals surface area contributed by atoms with Gasteiger partial charge in [0.15, 0.2) is 11.5 Å². The van der Waals surface area contributed by atoms with Crippen LogP contribution in [-0.4, -0.2) is 76.8 Å². The number of benzene rings is 2. The van der Waals surface area contributed by atoms with Gasteiger partial charge >= 0.3 is 0 Å². The summed E-state index contributed by atoms with van der Waals surface area (Å²) in [6.45, 7) is 2.25. The van der Waals surface area contributed by atoms with Crippen LogP contribution in [0.15, 0.2) is 35.2 Å². The van der Waals surface area contributed by atoms with Gasteiger partial charge in [0.1, 0.15) is 0 Å². The van der Waals surface area contributed by atoms with E-state index in [4.69, 9.17) is 14.2 Å². The van der Waals surface area contributed by atoms with E-state index in [1.807, 2.05) is 12.1 Å². The first-order chi connectivity index (χ1) is 15.8. The van der Waals surface area contributed by atoms with E-state index < -0.39 is 21.7 Å². The van der Waals surface area contributed by atoms with Crippen LogP contribution in [0.25, 0.3) is 0 Å². The van der Waals surface area contributed by atoms with Crippen LogP contribution in [0.2, 0.25) is 0 Å². The van der Waals surface area contributed by atoms with Crippen LogP contribution in [0.4, 0.5) is 5.69 Å². The molecule has 0 spiro atoms. The second-order valence-electron chi connectivity index (χ2n) is 7.70. The largest absolute Gasteiger partial charge is 0.493 e. The number of amides is 1. The van der Waals surface area contributed by atoms with Crippen LogP contribution in [0.3, 0.4) is 0 Å². The Morgan fingerprint density at radius 2 is 1.55 bits per heavy atom. The third-order valence-electron chi connectivity index (χ3n) is 5.79. The number of hydrogen-bond donors (Lipinski definition) is 1. The third kappa shape index (κ3) is 4.26. The minimum absolute atomic E-state index is 0.00387. The van der Waals surface area contributed by atoms with E-state index in [1.54, 1.807) is 21.3 Å². The number of sulfonamides is 1. The fourth-order valence-corrected chi connectivity index (χ4v) is 5.49. The number of rotatable bonds is 7. The average Bonchev–Trinajstić information content (AvgIpc) is 3.11. The predicted molar refractivity (Wildman–Crippen MR) is 120 cm³/mol. The standard InChI is InChI=1S/C22H25N3O7S/c1-30-18-10-14(11-19(31-2)21(18)32-3)13-24-6-8-25(9-7-24)33(28,29)15-4-5-17-16(12-15)20(26)22(27)23-17/h4-5,10-12H,6-9,13H2,1-3H3,(H,23,26,27). The molecule has 2 aromatic carbocycles. The van der Waals surface area contributed by atoms with Crippen molar-refractivity contribution in [2.45, 2.75) is 11.4 Å². The van der Waals surface area contributed by atoms with Crippen LogP contribution in [-0.2, 0) is 21.4 Å². The van der Waals surface area contributed by atoms with Gasteiger partial charge in [-0.3, -0.25) is 14.5 Å². The van der Waals surface area contributed by atoms with Gasteiger partial charge in [-0.05, 0) is 35.9 Å². The lowest BCUT2D eigenvalue weighted by atomic mass is 10.1. The zero-order valence-electron chi connectivity index (χ0n) is 18.6. The molecular formula is C22H25N3O7S. The summed E-state index contributed by atoms with van der Waals surface area (Å²) in [4.78, 5) is 25.6. The second-order valence-corrected chi connectivity index (χ2v) is 9.64. The minimum Gasteiger partial charge on any atom is -0.493 e. The first-order valence-electron chi connectivity index (χ1n) is 10.3. The number of ether oxygens (including phenoxy) is 3. The summed E-state index contributed by atoms with van der Waals surface area (Å²) in [6.07, 6.45) is 0. The fourth-order valence-electron chi connectivity index (χ4n) is 4.04. The normalized spacial score (nSPS) is 16.9. The number of carbonyl (C=O) groups is 2. The van der Waals surface area contributed by atoms with Crippen LogP contribution in [0.1, 0.15) is 15.9 Å². The molecule has 0 saturated carbocycles. The summed E-state index contributed by atoms with van der Waals surface area (Å²) < 4.78 is 43.8. The van der Waals surface area contributed by atoms with Gasteiger partial charge in [0.2, 0.25) is 15.8 Å². The number of nitrogens with zero attached hydrogens (tertiary/aromatic N) is 2. The number of piperazine rings is 1.